The molecule has 1 aliphatic heterocycles. The average molecular weight is 1110 g/mol. The van der Waals surface area contributed by atoms with Crippen LogP contribution in [0.5, 0.6) is 0 Å². The largest absolute Gasteiger partial charge is 0.459 e. The molecule has 23 heteroatoms. The Morgan fingerprint density at radius 3 is 1.19 bits per heavy atom. The maximum Gasteiger partial charge on any atom is 0.323 e. The molecule has 1 heterocycles. The molecule has 77 heavy (non-hydrogen) atoms. The maximum absolute atomic E-state index is 14.2. The van der Waals surface area contributed by atoms with Gasteiger partial charge in [0.25, 0.3) is 0 Å². The summed E-state index contributed by atoms with van der Waals surface area (Å²) in [6.45, 7) is 29.9. The highest BCUT2D eigenvalue weighted by Gasteiger charge is 2.33. The van der Waals surface area contributed by atoms with Crippen LogP contribution >= 0.6 is 0 Å². The van der Waals surface area contributed by atoms with Gasteiger partial charge in [0, 0.05) is 79.0 Å². The van der Waals surface area contributed by atoms with Gasteiger partial charge in [0.1, 0.15) is 28.4 Å². The first-order chi connectivity index (χ1) is 36.1. The van der Waals surface area contributed by atoms with Gasteiger partial charge in [0.2, 0.25) is 11.8 Å². The van der Waals surface area contributed by atoms with Crippen LogP contribution in [0.25, 0.3) is 0 Å². The van der Waals surface area contributed by atoms with E-state index in [2.05, 4.69) is 10.6 Å². The predicted molar refractivity (Wildman–Crippen MR) is 291 cm³/mol. The summed E-state index contributed by atoms with van der Waals surface area (Å²) in [7, 11) is 1.63. The lowest BCUT2D eigenvalue weighted by Gasteiger charge is -2.37. The van der Waals surface area contributed by atoms with Crippen molar-refractivity contribution in [1.82, 2.24) is 30.2 Å². The van der Waals surface area contributed by atoms with Crippen LogP contribution in [0.3, 0.4) is 0 Å². The molecule has 1 aliphatic rings. The molecule has 1 unspecified atom stereocenters. The molecule has 0 aromatic carbocycles. The second kappa shape index (κ2) is 38.9. The summed E-state index contributed by atoms with van der Waals surface area (Å²) in [6.07, 6.45) is 1.73. The zero-order valence-corrected chi connectivity index (χ0v) is 49.6. The number of amides is 2. The van der Waals surface area contributed by atoms with Gasteiger partial charge in [-0.05, 0) is 109 Å². The Labute approximate surface area is 461 Å². The molecular weight excluding hydrogens is 1000 g/mol. The summed E-state index contributed by atoms with van der Waals surface area (Å²) >= 11 is 0. The monoisotopic (exact) mass is 1110 g/mol. The van der Waals surface area contributed by atoms with E-state index in [-0.39, 0.29) is 44.3 Å². The van der Waals surface area contributed by atoms with Crippen LogP contribution in [0.4, 0.5) is 0 Å². The molecule has 1 rings (SSSR count). The Kier molecular flexibility index (Phi) is 36.1. The highest BCUT2D eigenvalue weighted by molar-refractivity contribution is 5.81. The maximum atomic E-state index is 14.2. The Balaban J connectivity index is 2.88. The van der Waals surface area contributed by atoms with Crippen LogP contribution < -0.4 is 16.4 Å². The van der Waals surface area contributed by atoms with Gasteiger partial charge in [0.15, 0.2) is 0 Å². The van der Waals surface area contributed by atoms with Crippen LogP contribution in [-0.4, -0.2) is 255 Å². The lowest BCUT2D eigenvalue weighted by Crippen LogP contribution is -2.53. The van der Waals surface area contributed by atoms with E-state index in [0.717, 1.165) is 0 Å². The Morgan fingerprint density at radius 2 is 0.818 bits per heavy atom. The summed E-state index contributed by atoms with van der Waals surface area (Å²) < 4.78 is 55.2. The van der Waals surface area contributed by atoms with Crippen LogP contribution in [0.15, 0.2) is 0 Å². The zero-order valence-electron chi connectivity index (χ0n) is 49.6. The van der Waals surface area contributed by atoms with Gasteiger partial charge < -0.3 is 63.7 Å². The second-order valence-corrected chi connectivity index (χ2v) is 23.0. The molecule has 0 bridgehead atoms. The lowest BCUT2D eigenvalue weighted by atomic mass is 10.1. The fourth-order valence-electron chi connectivity index (χ4n) is 7.53. The number of hydrogen-bond donors (Lipinski definition) is 3. The number of esters is 4. The van der Waals surface area contributed by atoms with Crippen LogP contribution in [0.1, 0.15) is 115 Å². The third-order valence-electron chi connectivity index (χ3n) is 11.0. The summed E-state index contributed by atoms with van der Waals surface area (Å²) in [6, 6.07) is -1.59. The zero-order chi connectivity index (χ0) is 57.9. The molecular formula is C54H103N7O16. The van der Waals surface area contributed by atoms with Crippen LogP contribution in [0.2, 0.25) is 0 Å². The van der Waals surface area contributed by atoms with Crippen LogP contribution in [-0.2, 0) is 76.1 Å². The van der Waals surface area contributed by atoms with E-state index < -0.39 is 58.4 Å². The fraction of sp³-hybridized carbons (Fsp3) is 0.889. The molecule has 0 aromatic rings. The normalized spacial score (nSPS) is 16.1. The Hall–Kier alpha value is -3.62. The smallest absolute Gasteiger partial charge is 0.323 e. The van der Waals surface area contributed by atoms with E-state index in [4.69, 9.17) is 53.1 Å². The first-order valence-corrected chi connectivity index (χ1v) is 27.5. The van der Waals surface area contributed by atoms with Crippen molar-refractivity contribution in [3.63, 3.8) is 0 Å². The minimum atomic E-state index is -0.862. The molecule has 1 saturated heterocycles. The standard InChI is InChI=1S/C54H103N7O16/c1-51(2,3)74-46(63)40-58-21-23-59(41-47(64)75-52(4,5)6)25-27-61(28-26-60(24-22-58)42-48(65)76-53(7,8)9)44(50(67)77-54(10,11)12)17-18-45(62)56-19-15-14-16-43(55)49(66)57-20-29-69-32-33-71-36-37-73-39-38-72-35-34-70-31-30-68-13/h43-44H,14-42,55H2,1-13H3,(H,56,62)(H,57,66)/t43-,44?/m1/s1. The molecule has 0 spiro atoms. The number of hydrogen-bond acceptors (Lipinski definition) is 21. The first-order valence-electron chi connectivity index (χ1n) is 27.5. The Morgan fingerprint density at radius 1 is 0.455 bits per heavy atom. The lowest BCUT2D eigenvalue weighted by molar-refractivity contribution is -0.163. The van der Waals surface area contributed by atoms with E-state index in [1.165, 1.54) is 0 Å². The van der Waals surface area contributed by atoms with Crippen molar-refractivity contribution in [2.75, 3.05) is 165 Å². The van der Waals surface area contributed by atoms with E-state index in [1.54, 1.807) is 69.4 Å². The van der Waals surface area contributed by atoms with Crippen molar-refractivity contribution in [1.29, 1.82) is 0 Å². The van der Waals surface area contributed by atoms with Gasteiger partial charge in [-0.25, -0.2) is 0 Å². The topological polar surface area (TPSA) is 258 Å². The Bertz CT molecular complexity index is 1620. The van der Waals surface area contributed by atoms with Gasteiger partial charge in [-0.3, -0.25) is 48.4 Å². The molecule has 0 radical (unpaired) electrons. The van der Waals surface area contributed by atoms with E-state index in [1.807, 2.05) is 40.4 Å². The second-order valence-electron chi connectivity index (χ2n) is 23.0. The van der Waals surface area contributed by atoms with Crippen molar-refractivity contribution in [3.05, 3.63) is 0 Å². The molecule has 2 amide bonds. The molecule has 0 aliphatic carbocycles. The minimum absolute atomic E-state index is 0.00308. The highest BCUT2D eigenvalue weighted by Crippen LogP contribution is 2.18. The van der Waals surface area contributed by atoms with Crippen molar-refractivity contribution in [3.8, 4) is 0 Å². The summed E-state index contributed by atoms with van der Waals surface area (Å²) in [4.78, 5) is 87.6. The SMILES string of the molecule is COCCOCCOCCOCCOCCOCCNC(=O)[C@H](N)CCCCNC(=O)CCC(C(=O)OC(C)(C)C)N1CCN(CC(=O)OC(C)(C)C)CCN(CC(=O)OC(C)(C)C)CCN(CC(=O)OC(C)(C)C)CC1. The third-order valence-corrected chi connectivity index (χ3v) is 11.0. The van der Waals surface area contributed by atoms with E-state index >= 15 is 0 Å². The number of ether oxygens (including phenoxy) is 10. The van der Waals surface area contributed by atoms with Crippen molar-refractivity contribution >= 4 is 35.7 Å². The average Bonchev–Trinajstić information content (AvgIpc) is 3.29. The first kappa shape index (κ1) is 71.4. The minimum Gasteiger partial charge on any atom is -0.459 e. The number of carbonyl (C=O) groups is 6. The summed E-state index contributed by atoms with van der Waals surface area (Å²) in [5.74, 6) is -2.28. The summed E-state index contributed by atoms with van der Waals surface area (Å²) in [5.41, 5.74) is 3.21. The highest BCUT2D eigenvalue weighted by atomic mass is 16.6. The third kappa shape index (κ3) is 41.1. The molecule has 450 valence electrons. The summed E-state index contributed by atoms with van der Waals surface area (Å²) in [5, 5.41) is 5.74. The van der Waals surface area contributed by atoms with Gasteiger partial charge in [-0.15, -0.1) is 0 Å². The molecule has 1 fully saturated rings. The van der Waals surface area contributed by atoms with Gasteiger partial charge in [-0.2, -0.15) is 0 Å². The number of nitrogens with zero attached hydrogens (tertiary/aromatic N) is 4. The molecule has 2 atom stereocenters. The van der Waals surface area contributed by atoms with Crippen molar-refractivity contribution in [2.45, 2.75) is 150 Å². The number of nitrogens with two attached hydrogens (primary N) is 1. The molecule has 4 N–H and O–H groups in total. The van der Waals surface area contributed by atoms with Crippen molar-refractivity contribution in [2.24, 2.45) is 5.73 Å². The van der Waals surface area contributed by atoms with E-state index in [9.17, 15) is 28.8 Å². The molecule has 23 nitrogen and oxygen atoms in total. The van der Waals surface area contributed by atoms with Gasteiger partial charge in [0.05, 0.1) is 98.4 Å². The number of rotatable bonds is 35. The molecule has 0 saturated carbocycles. The number of unbranched alkanes of at least 4 members (excludes halogenated alkanes) is 1. The molecule has 0 aromatic heterocycles. The predicted octanol–water partition coefficient (Wildman–Crippen LogP) is 2.18. The van der Waals surface area contributed by atoms with E-state index in [0.29, 0.717) is 157 Å². The van der Waals surface area contributed by atoms with Gasteiger partial charge in [-0.1, -0.05) is 0 Å². The van der Waals surface area contributed by atoms with Crippen molar-refractivity contribution < 1.29 is 76.1 Å². The van der Waals surface area contributed by atoms with Gasteiger partial charge >= 0.3 is 23.9 Å². The fourth-order valence-corrected chi connectivity index (χ4v) is 7.53. The number of methoxy groups -OCH3 is 1. The quantitative estimate of drug-likeness (QED) is 0.0467. The number of nitrogens with one attached hydrogen (secondary N) is 2. The van der Waals surface area contributed by atoms with Crippen LogP contribution in [0, 0.1) is 0 Å². The number of carbonyl (C=O) groups excluding carboxylic acids is 6.